The molecule has 0 aliphatic carbocycles. The number of rotatable bonds is 6. The summed E-state index contributed by atoms with van der Waals surface area (Å²) in [6, 6.07) is 11.2. The zero-order chi connectivity index (χ0) is 13.7. The lowest BCUT2D eigenvalue weighted by Gasteiger charge is -2.21. The monoisotopic (exact) mass is 256 g/mol. The van der Waals surface area contributed by atoms with Gasteiger partial charge in [-0.25, -0.2) is 0 Å². The van der Waals surface area contributed by atoms with Crippen LogP contribution in [0.2, 0.25) is 0 Å². The van der Waals surface area contributed by atoms with Crippen molar-refractivity contribution in [3.05, 3.63) is 42.1 Å². The number of pyridine rings is 1. The van der Waals surface area contributed by atoms with Crippen LogP contribution in [0.25, 0.3) is 10.9 Å². The second-order valence-electron chi connectivity index (χ2n) is 5.59. The molecule has 1 aromatic carbocycles. The summed E-state index contributed by atoms with van der Waals surface area (Å²) in [6.07, 6.45) is 4.19. The highest BCUT2D eigenvalue weighted by Gasteiger charge is 2.12. The van der Waals surface area contributed by atoms with Crippen LogP contribution in [0, 0.1) is 5.92 Å². The first-order chi connectivity index (χ1) is 9.20. The van der Waals surface area contributed by atoms with Gasteiger partial charge in [-0.1, -0.05) is 32.9 Å². The molecular weight excluding hydrogens is 232 g/mol. The summed E-state index contributed by atoms with van der Waals surface area (Å²) in [7, 11) is 0. The number of fused-ring (bicyclic) bond motifs is 1. The van der Waals surface area contributed by atoms with Crippen LogP contribution in [0.15, 0.2) is 36.5 Å². The van der Waals surface area contributed by atoms with E-state index in [-0.39, 0.29) is 0 Å². The molecule has 1 atom stereocenters. The SMILES string of the molecule is CCCNC(CC(C)C)c1ccc2ncccc2c1. The molecule has 102 valence electrons. The van der Waals surface area contributed by atoms with Gasteiger partial charge in [-0.2, -0.15) is 0 Å². The van der Waals surface area contributed by atoms with E-state index in [1.807, 2.05) is 12.3 Å². The fraction of sp³-hybridized carbons (Fsp3) is 0.471. The average molecular weight is 256 g/mol. The summed E-state index contributed by atoms with van der Waals surface area (Å²) >= 11 is 0. The van der Waals surface area contributed by atoms with Gasteiger partial charge in [0.1, 0.15) is 0 Å². The van der Waals surface area contributed by atoms with Crippen LogP contribution in [-0.4, -0.2) is 11.5 Å². The largest absolute Gasteiger partial charge is 0.310 e. The lowest BCUT2D eigenvalue weighted by molar-refractivity contribution is 0.430. The minimum absolute atomic E-state index is 0.449. The highest BCUT2D eigenvalue weighted by molar-refractivity contribution is 5.79. The average Bonchev–Trinajstić information content (AvgIpc) is 2.42. The van der Waals surface area contributed by atoms with Gasteiger partial charge in [0.25, 0.3) is 0 Å². The quantitative estimate of drug-likeness (QED) is 0.832. The zero-order valence-corrected chi connectivity index (χ0v) is 12.2. The Labute approximate surface area is 116 Å². The first kappa shape index (κ1) is 14.0. The third-order valence-electron chi connectivity index (χ3n) is 3.38. The molecule has 2 nitrogen and oxygen atoms in total. The molecule has 0 aliphatic rings. The highest BCUT2D eigenvalue weighted by Crippen LogP contribution is 2.24. The number of benzene rings is 1. The number of nitrogens with zero attached hydrogens (tertiary/aromatic N) is 1. The molecular formula is C17H24N2. The topological polar surface area (TPSA) is 24.9 Å². The van der Waals surface area contributed by atoms with Crippen molar-refractivity contribution in [3.8, 4) is 0 Å². The summed E-state index contributed by atoms with van der Waals surface area (Å²) < 4.78 is 0. The van der Waals surface area contributed by atoms with Crippen LogP contribution in [0.5, 0.6) is 0 Å². The molecule has 0 saturated carbocycles. The van der Waals surface area contributed by atoms with Crippen LogP contribution in [0.4, 0.5) is 0 Å². The van der Waals surface area contributed by atoms with Crippen LogP contribution in [0.1, 0.15) is 45.2 Å². The van der Waals surface area contributed by atoms with Gasteiger partial charge in [0.2, 0.25) is 0 Å². The summed E-state index contributed by atoms with van der Waals surface area (Å²) in [5, 5.41) is 4.89. The number of nitrogens with one attached hydrogen (secondary N) is 1. The molecule has 0 aliphatic heterocycles. The van der Waals surface area contributed by atoms with Crippen molar-refractivity contribution in [2.45, 2.75) is 39.7 Å². The summed E-state index contributed by atoms with van der Waals surface area (Å²) in [5.41, 5.74) is 2.45. The van der Waals surface area contributed by atoms with Gasteiger partial charge in [0.15, 0.2) is 0 Å². The molecule has 0 radical (unpaired) electrons. The maximum Gasteiger partial charge on any atom is 0.0702 e. The molecule has 2 aromatic rings. The maximum atomic E-state index is 4.38. The summed E-state index contributed by atoms with van der Waals surface area (Å²) in [4.78, 5) is 4.38. The van der Waals surface area contributed by atoms with Gasteiger partial charge < -0.3 is 5.32 Å². The number of aromatic nitrogens is 1. The Hall–Kier alpha value is -1.41. The van der Waals surface area contributed by atoms with Crippen molar-refractivity contribution in [1.29, 1.82) is 0 Å². The molecule has 2 rings (SSSR count). The number of hydrogen-bond acceptors (Lipinski definition) is 2. The van der Waals surface area contributed by atoms with Gasteiger partial charge in [0, 0.05) is 17.6 Å². The van der Waals surface area contributed by atoms with E-state index in [2.05, 4.69) is 55.3 Å². The third-order valence-corrected chi connectivity index (χ3v) is 3.38. The van der Waals surface area contributed by atoms with Crippen LogP contribution < -0.4 is 5.32 Å². The van der Waals surface area contributed by atoms with Crippen LogP contribution in [0.3, 0.4) is 0 Å². The van der Waals surface area contributed by atoms with Gasteiger partial charge >= 0.3 is 0 Å². The van der Waals surface area contributed by atoms with E-state index in [1.165, 1.54) is 23.8 Å². The Morgan fingerprint density at radius 2 is 2.05 bits per heavy atom. The van der Waals surface area contributed by atoms with Crippen molar-refractivity contribution in [2.75, 3.05) is 6.54 Å². The lowest BCUT2D eigenvalue weighted by atomic mass is 9.96. The Bertz CT molecular complexity index is 519. The van der Waals surface area contributed by atoms with Gasteiger partial charge in [-0.15, -0.1) is 0 Å². The van der Waals surface area contributed by atoms with Crippen LogP contribution >= 0.6 is 0 Å². The Balaban J connectivity index is 2.26. The van der Waals surface area contributed by atoms with Crippen molar-refractivity contribution in [1.82, 2.24) is 10.3 Å². The molecule has 1 N–H and O–H groups in total. The van der Waals surface area contributed by atoms with Crippen molar-refractivity contribution >= 4 is 10.9 Å². The van der Waals surface area contributed by atoms with E-state index in [9.17, 15) is 0 Å². The fourth-order valence-electron chi connectivity index (χ4n) is 2.44. The van der Waals surface area contributed by atoms with E-state index < -0.39 is 0 Å². The zero-order valence-electron chi connectivity index (χ0n) is 12.2. The van der Waals surface area contributed by atoms with E-state index in [4.69, 9.17) is 0 Å². The third kappa shape index (κ3) is 3.77. The smallest absolute Gasteiger partial charge is 0.0702 e. The van der Waals surface area contributed by atoms with Crippen molar-refractivity contribution in [2.24, 2.45) is 5.92 Å². The lowest BCUT2D eigenvalue weighted by Crippen LogP contribution is -2.23. The molecule has 0 spiro atoms. The summed E-state index contributed by atoms with van der Waals surface area (Å²) in [6.45, 7) is 7.85. The van der Waals surface area contributed by atoms with Gasteiger partial charge in [-0.05, 0) is 49.1 Å². The molecule has 1 heterocycles. The standard InChI is InChI=1S/C17H24N2/c1-4-9-18-17(11-13(2)3)15-7-8-16-14(12-15)6-5-10-19-16/h5-8,10,12-13,17-18H,4,9,11H2,1-3H3. The molecule has 19 heavy (non-hydrogen) atoms. The first-order valence-corrected chi connectivity index (χ1v) is 7.28. The van der Waals surface area contributed by atoms with Crippen LogP contribution in [-0.2, 0) is 0 Å². The van der Waals surface area contributed by atoms with E-state index in [0.29, 0.717) is 12.0 Å². The Morgan fingerprint density at radius 1 is 1.21 bits per heavy atom. The molecule has 0 fully saturated rings. The second-order valence-corrected chi connectivity index (χ2v) is 5.59. The Kier molecular flexibility index (Phi) is 4.92. The minimum Gasteiger partial charge on any atom is -0.310 e. The van der Waals surface area contributed by atoms with Gasteiger partial charge in [-0.3, -0.25) is 4.98 Å². The van der Waals surface area contributed by atoms with Crippen molar-refractivity contribution < 1.29 is 0 Å². The second kappa shape index (κ2) is 6.67. The molecule has 1 aromatic heterocycles. The summed E-state index contributed by atoms with van der Waals surface area (Å²) in [5.74, 6) is 0.693. The van der Waals surface area contributed by atoms with E-state index in [0.717, 1.165) is 12.1 Å². The molecule has 0 bridgehead atoms. The Morgan fingerprint density at radius 3 is 2.79 bits per heavy atom. The molecule has 0 saturated heterocycles. The predicted octanol–water partition coefficient (Wildman–Crippen LogP) is 4.32. The first-order valence-electron chi connectivity index (χ1n) is 7.28. The van der Waals surface area contributed by atoms with Crippen molar-refractivity contribution in [3.63, 3.8) is 0 Å². The normalized spacial score (nSPS) is 13.1. The van der Waals surface area contributed by atoms with Gasteiger partial charge in [0.05, 0.1) is 5.52 Å². The van der Waals surface area contributed by atoms with E-state index in [1.54, 1.807) is 0 Å². The molecule has 0 amide bonds. The fourth-order valence-corrected chi connectivity index (χ4v) is 2.44. The highest BCUT2D eigenvalue weighted by atomic mass is 14.9. The number of hydrogen-bond donors (Lipinski definition) is 1. The molecule has 2 heteroatoms. The maximum absolute atomic E-state index is 4.38. The minimum atomic E-state index is 0.449. The molecule has 1 unspecified atom stereocenters. The van der Waals surface area contributed by atoms with E-state index >= 15 is 0 Å². The predicted molar refractivity (Wildman–Crippen MR) is 82.2 cm³/mol.